The van der Waals surface area contributed by atoms with Crippen molar-refractivity contribution >= 4 is 28.8 Å². The molecule has 1 aliphatic rings. The molecule has 1 fully saturated rings. The lowest BCUT2D eigenvalue weighted by atomic mass is 10.1. The Balaban J connectivity index is 1.34. The second kappa shape index (κ2) is 11.5. The molecule has 202 valence electrons. The van der Waals surface area contributed by atoms with E-state index >= 15 is 0 Å². The predicted octanol–water partition coefficient (Wildman–Crippen LogP) is 4.44. The minimum absolute atomic E-state index is 0.0679. The van der Waals surface area contributed by atoms with E-state index in [1.165, 1.54) is 11.1 Å². The number of nitrogens with zero attached hydrogens (tertiary/aromatic N) is 6. The van der Waals surface area contributed by atoms with Crippen LogP contribution in [0.2, 0.25) is 0 Å². The summed E-state index contributed by atoms with van der Waals surface area (Å²) in [5.41, 5.74) is 2.32. The molecule has 5 rings (SSSR count). The van der Waals surface area contributed by atoms with Gasteiger partial charge in [0.1, 0.15) is 29.8 Å². The number of nitrogens with one attached hydrogen (secondary N) is 2. The van der Waals surface area contributed by atoms with Gasteiger partial charge in [-0.2, -0.15) is 5.10 Å². The van der Waals surface area contributed by atoms with Crippen LogP contribution in [-0.4, -0.2) is 68.7 Å². The quantitative estimate of drug-likeness (QED) is 0.284. The average Bonchev–Trinajstić information content (AvgIpc) is 3.63. The van der Waals surface area contributed by atoms with Crippen LogP contribution in [0.15, 0.2) is 55.1 Å². The van der Waals surface area contributed by atoms with Crippen molar-refractivity contribution in [1.29, 1.82) is 0 Å². The molecule has 0 bridgehead atoms. The maximum absolute atomic E-state index is 12.8. The molecular formula is C28H32N8O3. The molecule has 0 aliphatic carbocycles. The zero-order chi connectivity index (χ0) is 29.9. The molecule has 0 amide bonds. The first-order valence-corrected chi connectivity index (χ1v) is 12.6. The summed E-state index contributed by atoms with van der Waals surface area (Å²) in [6.07, 6.45) is 5.45. The second-order valence-corrected chi connectivity index (χ2v) is 9.12. The number of methoxy groups -OCH3 is 1. The van der Waals surface area contributed by atoms with E-state index in [1.54, 1.807) is 56.5 Å². The van der Waals surface area contributed by atoms with Gasteiger partial charge >= 0.3 is 0 Å². The summed E-state index contributed by atoms with van der Waals surface area (Å²) >= 11 is 0. The molecular weight excluding hydrogens is 496 g/mol. The number of benzene rings is 1. The zero-order valence-electron chi connectivity index (χ0n) is 25.0. The number of hydrogen-bond acceptors (Lipinski definition) is 10. The smallest absolute Gasteiger partial charge is 0.184 e. The number of pyridine rings is 2. The third-order valence-electron chi connectivity index (χ3n) is 6.29. The Morgan fingerprint density at radius 2 is 2.00 bits per heavy atom. The fourth-order valence-corrected chi connectivity index (χ4v) is 4.35. The number of aryl methyl sites for hydroxylation is 1. The Morgan fingerprint density at radius 1 is 1.13 bits per heavy atom. The highest BCUT2D eigenvalue weighted by Gasteiger charge is 2.21. The molecule has 3 aromatic heterocycles. The van der Waals surface area contributed by atoms with Crippen molar-refractivity contribution < 1.29 is 18.4 Å². The Labute approximate surface area is 231 Å². The Kier molecular flexibility index (Phi) is 6.62. The topological polar surface area (TPSA) is 119 Å². The van der Waals surface area contributed by atoms with Crippen LogP contribution >= 0.6 is 0 Å². The number of likely N-dealkylation sites (tertiary alicyclic amines) is 1. The third kappa shape index (κ3) is 5.99. The number of rotatable bonds is 10. The van der Waals surface area contributed by atoms with Gasteiger partial charge in [0.15, 0.2) is 17.4 Å². The molecule has 4 heterocycles. The van der Waals surface area contributed by atoms with Crippen LogP contribution in [0.3, 0.4) is 0 Å². The van der Waals surface area contributed by atoms with Crippen molar-refractivity contribution in [3.63, 3.8) is 0 Å². The molecule has 1 aliphatic heterocycles. The van der Waals surface area contributed by atoms with E-state index in [4.69, 9.17) is 13.6 Å². The molecule has 2 N–H and O–H groups in total. The first-order valence-electron chi connectivity index (χ1n) is 14.1. The number of likely N-dealkylation sites (N-methyl/N-ethyl adjacent to an activating group) is 1. The molecule has 1 saturated heterocycles. The molecule has 11 heteroatoms. The monoisotopic (exact) mass is 531 g/mol. The Bertz CT molecular complexity index is 1560. The van der Waals surface area contributed by atoms with E-state index < -0.39 is 6.98 Å². The Morgan fingerprint density at radius 3 is 2.69 bits per heavy atom. The van der Waals surface area contributed by atoms with E-state index in [2.05, 4.69) is 30.7 Å². The number of ether oxygens (including phenoxy) is 2. The number of hydrogen-bond donors (Lipinski definition) is 2. The van der Waals surface area contributed by atoms with E-state index in [9.17, 15) is 4.79 Å². The van der Waals surface area contributed by atoms with Crippen LogP contribution in [0.25, 0.3) is 11.4 Å². The minimum Gasteiger partial charge on any atom is -0.494 e. The average molecular weight is 532 g/mol. The van der Waals surface area contributed by atoms with E-state index in [-0.39, 0.29) is 11.9 Å². The van der Waals surface area contributed by atoms with E-state index in [1.807, 2.05) is 18.2 Å². The van der Waals surface area contributed by atoms with Crippen molar-refractivity contribution in [3.8, 4) is 22.9 Å². The lowest BCUT2D eigenvalue weighted by Gasteiger charge is -2.17. The lowest BCUT2D eigenvalue weighted by Crippen LogP contribution is -2.21. The number of carbonyl (C=O) groups excluding carboxylic acids is 1. The van der Waals surface area contributed by atoms with Gasteiger partial charge < -0.3 is 25.0 Å². The van der Waals surface area contributed by atoms with Crippen molar-refractivity contribution in [1.82, 2.24) is 29.6 Å². The van der Waals surface area contributed by atoms with Crippen molar-refractivity contribution in [2.24, 2.45) is 7.05 Å². The van der Waals surface area contributed by atoms with E-state index in [0.717, 1.165) is 0 Å². The minimum atomic E-state index is -2.12. The largest absolute Gasteiger partial charge is 0.494 e. The summed E-state index contributed by atoms with van der Waals surface area (Å²) in [7, 11) is 3.36. The second-order valence-electron chi connectivity index (χ2n) is 9.12. The Hall–Kier alpha value is -4.51. The van der Waals surface area contributed by atoms with Gasteiger partial charge in [0.2, 0.25) is 0 Å². The zero-order valence-corrected chi connectivity index (χ0v) is 22.0. The maximum Gasteiger partial charge on any atom is 0.184 e. The van der Waals surface area contributed by atoms with Gasteiger partial charge in [-0.15, -0.1) is 0 Å². The SMILES string of the molecule is [2H]C([2H])([2H])N1CC[C@@H](Oc2ccc(Nc3cc(Nc4cccc(-c5ncn(C)n5)c4OC)c(C(=O)CC)cn3)nc2)C1. The van der Waals surface area contributed by atoms with Crippen LogP contribution in [-0.2, 0) is 7.05 Å². The molecule has 0 radical (unpaired) electrons. The first-order chi connectivity index (χ1) is 20.1. The number of aromatic nitrogens is 5. The lowest BCUT2D eigenvalue weighted by molar-refractivity contribution is 0.0988. The highest BCUT2D eigenvalue weighted by atomic mass is 16.5. The summed E-state index contributed by atoms with van der Waals surface area (Å²) in [4.78, 5) is 27.4. The highest BCUT2D eigenvalue weighted by Crippen LogP contribution is 2.37. The molecule has 0 saturated carbocycles. The van der Waals surface area contributed by atoms with Crippen molar-refractivity contribution in [2.45, 2.75) is 25.9 Å². The maximum atomic E-state index is 12.8. The first kappa shape index (κ1) is 22.5. The molecule has 1 aromatic carbocycles. The molecule has 1 atom stereocenters. The third-order valence-corrected chi connectivity index (χ3v) is 6.29. The highest BCUT2D eigenvalue weighted by molar-refractivity contribution is 6.02. The van der Waals surface area contributed by atoms with Crippen LogP contribution in [0.5, 0.6) is 11.5 Å². The fraction of sp³-hybridized carbons (Fsp3) is 0.321. The molecule has 39 heavy (non-hydrogen) atoms. The molecule has 0 unspecified atom stereocenters. The van der Waals surface area contributed by atoms with Crippen LogP contribution < -0.4 is 20.1 Å². The van der Waals surface area contributed by atoms with Gasteiger partial charge in [-0.25, -0.2) is 15.0 Å². The van der Waals surface area contributed by atoms with Crippen LogP contribution in [0.1, 0.15) is 34.2 Å². The van der Waals surface area contributed by atoms with Crippen molar-refractivity contribution in [3.05, 3.63) is 60.7 Å². The van der Waals surface area contributed by atoms with Crippen molar-refractivity contribution in [2.75, 3.05) is 37.8 Å². The summed E-state index contributed by atoms with van der Waals surface area (Å²) in [5.74, 6) is 2.52. The van der Waals surface area contributed by atoms with Gasteiger partial charge in [-0.3, -0.25) is 9.48 Å². The number of Topliss-reactive ketones (excluding diaryl/α,β-unsaturated/α-hetero) is 1. The van der Waals surface area contributed by atoms with Gasteiger partial charge in [0.05, 0.1) is 35.8 Å². The van der Waals surface area contributed by atoms with Gasteiger partial charge in [-0.1, -0.05) is 13.0 Å². The van der Waals surface area contributed by atoms with Gasteiger partial charge in [-0.05, 0) is 37.7 Å². The summed E-state index contributed by atoms with van der Waals surface area (Å²) in [6.45, 7) is 0.479. The predicted molar refractivity (Wildman–Crippen MR) is 149 cm³/mol. The number of carbonyl (C=O) groups is 1. The van der Waals surface area contributed by atoms with Crippen LogP contribution in [0, 0.1) is 0 Å². The number of anilines is 4. The molecule has 0 spiro atoms. The van der Waals surface area contributed by atoms with Gasteiger partial charge in [0.25, 0.3) is 0 Å². The van der Waals surface area contributed by atoms with Gasteiger partial charge in [0, 0.05) is 42.9 Å². The summed E-state index contributed by atoms with van der Waals surface area (Å²) in [5, 5.41) is 10.9. The summed E-state index contributed by atoms with van der Waals surface area (Å²) in [6, 6.07) is 10.8. The van der Waals surface area contributed by atoms with Crippen LogP contribution in [0.4, 0.5) is 23.0 Å². The fourth-order valence-electron chi connectivity index (χ4n) is 4.35. The number of para-hydroxylation sites is 1. The molecule has 11 nitrogen and oxygen atoms in total. The summed E-state index contributed by atoms with van der Waals surface area (Å²) < 4.78 is 36.0. The standard InChI is InChI=1S/C28H32N8O3/c1-5-24(37)21-15-30-26(33-25-10-9-18(14-29-25)39-19-11-12-35(2)16-19)13-23(21)32-22-8-6-7-20(27(22)38-4)28-31-17-36(3)34-28/h6-10,13-15,17,19H,5,11-12,16H2,1-4H3,(H2,29,30,32,33)/t19-/m1/s1/i2D3. The van der Waals surface area contributed by atoms with E-state index in [0.29, 0.717) is 77.4 Å². The normalized spacial score (nSPS) is 16.7. The molecule has 4 aromatic rings. The number of ketones is 1.